The molecule has 13 nitrogen and oxygen atoms in total. The lowest BCUT2D eigenvalue weighted by Gasteiger charge is -2.23. The van der Waals surface area contributed by atoms with E-state index in [2.05, 4.69) is 15.0 Å². The van der Waals surface area contributed by atoms with E-state index in [1.807, 2.05) is 25.3 Å². The summed E-state index contributed by atoms with van der Waals surface area (Å²) in [6.45, 7) is 9.04. The van der Waals surface area contributed by atoms with E-state index < -0.39 is 25.7 Å². The van der Waals surface area contributed by atoms with Crippen molar-refractivity contribution in [1.29, 1.82) is 0 Å². The fourth-order valence-electron chi connectivity index (χ4n) is 4.27. The minimum Gasteiger partial charge on any atom is -0.463 e. The number of nitrogen functional groups attached to an aromatic ring is 1. The van der Waals surface area contributed by atoms with E-state index in [1.54, 1.807) is 20.2 Å². The SMILES string of the molecule is CC(C)C(N)C(=O)OCC(C)(C)C(=O)SCCO[P+](=O)OC1C2OC(n3cnc4c(N)ncnc43)C(C)C21. The van der Waals surface area contributed by atoms with Crippen molar-refractivity contribution in [3.8, 4) is 0 Å². The highest BCUT2D eigenvalue weighted by atomic mass is 32.2. The lowest BCUT2D eigenvalue weighted by Crippen LogP contribution is -2.39. The van der Waals surface area contributed by atoms with Crippen molar-refractivity contribution < 1.29 is 32.7 Å². The highest BCUT2D eigenvalue weighted by molar-refractivity contribution is 8.13. The molecule has 2 aliphatic rings. The lowest BCUT2D eigenvalue weighted by molar-refractivity contribution is -0.150. The third-order valence-electron chi connectivity index (χ3n) is 6.80. The summed E-state index contributed by atoms with van der Waals surface area (Å²) in [6, 6.07) is -0.733. The molecule has 0 amide bonds. The van der Waals surface area contributed by atoms with E-state index in [-0.39, 0.29) is 60.3 Å². The zero-order valence-corrected chi connectivity index (χ0v) is 23.7. The van der Waals surface area contributed by atoms with Crippen molar-refractivity contribution in [1.82, 2.24) is 19.5 Å². The molecular formula is C23H34N6O7PS+. The number of carbonyl (C=O) groups is 2. The Morgan fingerprint density at radius 3 is 2.68 bits per heavy atom. The number of hydrogen-bond donors (Lipinski definition) is 2. The lowest BCUT2D eigenvalue weighted by atomic mass is 9.97. The molecule has 4 N–H and O–H groups in total. The summed E-state index contributed by atoms with van der Waals surface area (Å²) in [5.74, 6) is 0.102. The molecule has 15 heteroatoms. The number of anilines is 1. The van der Waals surface area contributed by atoms with Crippen LogP contribution in [-0.2, 0) is 32.7 Å². The molecule has 208 valence electrons. The first-order chi connectivity index (χ1) is 17.9. The largest absolute Gasteiger partial charge is 0.697 e. The zero-order valence-electron chi connectivity index (χ0n) is 22.0. The van der Waals surface area contributed by atoms with Crippen LogP contribution in [0.15, 0.2) is 12.7 Å². The number of aromatic nitrogens is 4. The van der Waals surface area contributed by atoms with Crippen LogP contribution in [0, 0.1) is 23.2 Å². The first-order valence-corrected chi connectivity index (χ1v) is 14.5. The molecule has 1 aliphatic heterocycles. The summed E-state index contributed by atoms with van der Waals surface area (Å²) in [7, 11) is -2.38. The first kappa shape index (κ1) is 28.8. The molecule has 1 saturated carbocycles. The minimum absolute atomic E-state index is 0.0570. The van der Waals surface area contributed by atoms with Gasteiger partial charge in [-0.25, -0.2) is 15.0 Å². The number of ether oxygens (including phenoxy) is 2. The number of hydrogen-bond acceptors (Lipinski definition) is 13. The number of fused-ring (bicyclic) bond motifs is 2. The molecule has 7 atom stereocenters. The molecule has 2 fully saturated rings. The summed E-state index contributed by atoms with van der Waals surface area (Å²) in [4.78, 5) is 37.0. The summed E-state index contributed by atoms with van der Waals surface area (Å²) >= 11 is 1.02. The number of imidazole rings is 1. The minimum atomic E-state index is -2.38. The van der Waals surface area contributed by atoms with Crippen molar-refractivity contribution in [2.24, 2.45) is 28.9 Å². The zero-order chi connectivity index (χ0) is 27.8. The number of rotatable bonds is 12. The Bertz CT molecular complexity index is 1210. The van der Waals surface area contributed by atoms with Crippen LogP contribution in [0.4, 0.5) is 5.82 Å². The van der Waals surface area contributed by atoms with Crippen LogP contribution < -0.4 is 11.5 Å². The second kappa shape index (κ2) is 11.5. The van der Waals surface area contributed by atoms with Gasteiger partial charge in [-0.1, -0.05) is 32.5 Å². The molecule has 38 heavy (non-hydrogen) atoms. The molecule has 7 unspecified atom stereocenters. The maximum atomic E-state index is 12.6. The van der Waals surface area contributed by atoms with Crippen molar-refractivity contribution in [3.05, 3.63) is 12.7 Å². The molecule has 2 aromatic rings. The van der Waals surface area contributed by atoms with Gasteiger partial charge in [0.05, 0.1) is 17.8 Å². The topological polar surface area (TPSA) is 184 Å². The molecule has 0 spiro atoms. The fraction of sp³-hybridized carbons (Fsp3) is 0.696. The van der Waals surface area contributed by atoms with Gasteiger partial charge in [-0.2, -0.15) is 0 Å². The Morgan fingerprint density at radius 1 is 1.29 bits per heavy atom. The van der Waals surface area contributed by atoms with Crippen LogP contribution in [-0.4, -0.2) is 67.8 Å². The van der Waals surface area contributed by atoms with Crippen LogP contribution in [0.5, 0.6) is 0 Å². The van der Waals surface area contributed by atoms with E-state index >= 15 is 0 Å². The van der Waals surface area contributed by atoms with E-state index in [4.69, 9.17) is 30.0 Å². The molecular weight excluding hydrogens is 535 g/mol. The van der Waals surface area contributed by atoms with Gasteiger partial charge in [-0.3, -0.25) is 14.2 Å². The third kappa shape index (κ3) is 6.00. The van der Waals surface area contributed by atoms with Gasteiger partial charge >= 0.3 is 14.2 Å². The highest BCUT2D eigenvalue weighted by Crippen LogP contribution is 2.57. The van der Waals surface area contributed by atoms with Crippen molar-refractivity contribution in [2.75, 3.05) is 24.7 Å². The Labute approximate surface area is 225 Å². The van der Waals surface area contributed by atoms with Crippen molar-refractivity contribution in [3.63, 3.8) is 0 Å². The molecule has 4 rings (SSSR count). The Balaban J connectivity index is 1.16. The Kier molecular flexibility index (Phi) is 8.70. The van der Waals surface area contributed by atoms with Crippen molar-refractivity contribution in [2.45, 2.75) is 59.1 Å². The molecule has 1 saturated heterocycles. The molecule has 2 aromatic heterocycles. The van der Waals surface area contributed by atoms with Gasteiger partial charge < -0.3 is 20.9 Å². The van der Waals surface area contributed by atoms with Crippen LogP contribution >= 0.6 is 20.0 Å². The second-order valence-electron chi connectivity index (χ2n) is 10.5. The van der Waals surface area contributed by atoms with E-state index in [0.717, 1.165) is 11.8 Å². The van der Waals surface area contributed by atoms with Crippen molar-refractivity contribution >= 4 is 48.1 Å². The highest BCUT2D eigenvalue weighted by Gasteiger charge is 2.67. The molecule has 3 heterocycles. The van der Waals surface area contributed by atoms with Crippen LogP contribution in [0.25, 0.3) is 11.2 Å². The molecule has 0 bridgehead atoms. The van der Waals surface area contributed by atoms with Gasteiger partial charge in [-0.05, 0) is 19.8 Å². The normalized spacial score (nSPS) is 25.9. The smallest absolute Gasteiger partial charge is 0.463 e. The van der Waals surface area contributed by atoms with Crippen LogP contribution in [0.1, 0.15) is 40.8 Å². The summed E-state index contributed by atoms with van der Waals surface area (Å²) in [5, 5.41) is -0.174. The van der Waals surface area contributed by atoms with Gasteiger partial charge in [-0.15, -0.1) is 9.05 Å². The number of carbonyl (C=O) groups excluding carboxylic acids is 2. The van der Waals surface area contributed by atoms with Gasteiger partial charge in [0.1, 0.15) is 43.4 Å². The third-order valence-corrected chi connectivity index (χ3v) is 8.79. The first-order valence-electron chi connectivity index (χ1n) is 12.4. The fourth-order valence-corrected chi connectivity index (χ4v) is 5.96. The average molecular weight is 570 g/mol. The molecule has 0 aromatic carbocycles. The maximum absolute atomic E-state index is 12.6. The average Bonchev–Trinajstić information content (AvgIpc) is 3.18. The van der Waals surface area contributed by atoms with Crippen LogP contribution in [0.3, 0.4) is 0 Å². The standard InChI is InChI=1S/C23H34N6O7PS/c1-11(2)14(24)21(30)33-8-23(4,5)22(31)38-7-6-34-37(32)36-17-13-12(3)20(35-16(13)17)29-10-28-15-18(25)26-9-27-19(15)29/h9-14,16-17,20H,6-8,24H2,1-5H3,(H2,25,26,27)/q+1. The van der Waals surface area contributed by atoms with E-state index in [9.17, 15) is 14.2 Å². The van der Waals surface area contributed by atoms with Gasteiger partial charge in [0.2, 0.25) is 0 Å². The predicted molar refractivity (Wildman–Crippen MR) is 140 cm³/mol. The second-order valence-corrected chi connectivity index (χ2v) is 12.5. The summed E-state index contributed by atoms with van der Waals surface area (Å²) < 4.78 is 36.4. The number of thioether (sulfide) groups is 1. The van der Waals surface area contributed by atoms with E-state index in [0.29, 0.717) is 17.0 Å². The van der Waals surface area contributed by atoms with E-state index in [1.165, 1.54) is 6.33 Å². The number of nitrogens with zero attached hydrogens (tertiary/aromatic N) is 4. The van der Waals surface area contributed by atoms with Gasteiger partial charge in [0.25, 0.3) is 0 Å². The van der Waals surface area contributed by atoms with Crippen LogP contribution in [0.2, 0.25) is 0 Å². The monoisotopic (exact) mass is 569 g/mol. The van der Waals surface area contributed by atoms with Gasteiger partial charge in [0.15, 0.2) is 16.6 Å². The maximum Gasteiger partial charge on any atom is 0.697 e. The quantitative estimate of drug-likeness (QED) is 0.216. The van der Waals surface area contributed by atoms with Gasteiger partial charge in [0, 0.05) is 22.2 Å². The summed E-state index contributed by atoms with van der Waals surface area (Å²) in [5.41, 5.74) is 11.9. The number of esters is 1. The Morgan fingerprint density at radius 2 is 2.03 bits per heavy atom. The summed E-state index contributed by atoms with van der Waals surface area (Å²) in [6.07, 6.45) is 2.17. The Hall–Kier alpha value is -2.22. The number of nitrogens with two attached hydrogens (primary N) is 2. The predicted octanol–water partition coefficient (Wildman–Crippen LogP) is 2.44. The molecule has 0 radical (unpaired) electrons. The molecule has 1 aliphatic carbocycles.